The van der Waals surface area contributed by atoms with Crippen molar-refractivity contribution in [1.82, 2.24) is 5.32 Å². The van der Waals surface area contributed by atoms with E-state index >= 15 is 0 Å². The van der Waals surface area contributed by atoms with Gasteiger partial charge in [0.2, 0.25) is 0 Å². The summed E-state index contributed by atoms with van der Waals surface area (Å²) < 4.78 is 18.3. The lowest BCUT2D eigenvalue weighted by Crippen LogP contribution is -2.30. The van der Waals surface area contributed by atoms with Crippen molar-refractivity contribution in [3.8, 4) is 0 Å². The minimum atomic E-state index is -1.12. The van der Waals surface area contributed by atoms with E-state index in [0.717, 1.165) is 11.6 Å². The Hall–Kier alpha value is -2.60. The summed E-state index contributed by atoms with van der Waals surface area (Å²) in [5.41, 5.74) is 1.17. The van der Waals surface area contributed by atoms with Gasteiger partial charge in [0, 0.05) is 0 Å². The van der Waals surface area contributed by atoms with E-state index in [9.17, 15) is 14.0 Å². The minimum Gasteiger partial charge on any atom is -0.481 e. The number of carboxylic acid groups (broad SMARTS) is 1. The van der Waals surface area contributed by atoms with Crippen LogP contribution in [0.1, 0.15) is 23.6 Å². The average Bonchev–Trinajstić information content (AvgIpc) is 2.55. The molecule has 7 heteroatoms. The molecule has 0 heterocycles. The van der Waals surface area contributed by atoms with Crippen molar-refractivity contribution in [2.24, 2.45) is 0 Å². The number of aliphatic carboxylic acids is 1. The number of nitrogens with one attached hydrogen (secondary N) is 1. The fraction of sp³-hybridized carbons (Fsp3) is 0.176. The van der Waals surface area contributed by atoms with Crippen molar-refractivity contribution in [3.05, 3.63) is 70.5 Å². The fourth-order valence-corrected chi connectivity index (χ4v) is 2.25. The molecule has 24 heavy (non-hydrogen) atoms. The Balaban J connectivity index is 2.03. The van der Waals surface area contributed by atoms with Crippen molar-refractivity contribution in [2.75, 3.05) is 0 Å². The quantitative estimate of drug-likeness (QED) is 0.827. The maximum atomic E-state index is 13.2. The van der Waals surface area contributed by atoms with Gasteiger partial charge in [-0.25, -0.2) is 9.18 Å². The molecule has 0 saturated carbocycles. The van der Waals surface area contributed by atoms with E-state index in [1.165, 1.54) is 12.1 Å². The lowest BCUT2D eigenvalue weighted by molar-refractivity contribution is -0.137. The van der Waals surface area contributed by atoms with Crippen molar-refractivity contribution >= 4 is 23.7 Å². The van der Waals surface area contributed by atoms with E-state index in [0.29, 0.717) is 5.56 Å². The SMILES string of the molecule is O=C(O)C[C@H](NC(=O)OCc1ccccc1)c1ccc(F)c(Cl)c1. The Morgan fingerprint density at radius 1 is 1.21 bits per heavy atom. The lowest BCUT2D eigenvalue weighted by atomic mass is 10.0. The van der Waals surface area contributed by atoms with Crippen LogP contribution in [-0.4, -0.2) is 17.2 Å². The number of rotatable bonds is 6. The first kappa shape index (κ1) is 17.7. The van der Waals surface area contributed by atoms with Gasteiger partial charge in [-0.05, 0) is 23.3 Å². The number of hydrogen-bond donors (Lipinski definition) is 2. The highest BCUT2D eigenvalue weighted by molar-refractivity contribution is 6.30. The van der Waals surface area contributed by atoms with Gasteiger partial charge in [-0.3, -0.25) is 4.79 Å². The summed E-state index contributed by atoms with van der Waals surface area (Å²) in [4.78, 5) is 22.9. The zero-order chi connectivity index (χ0) is 17.5. The van der Waals surface area contributed by atoms with Crippen LogP contribution in [0.3, 0.4) is 0 Å². The van der Waals surface area contributed by atoms with Gasteiger partial charge in [0.25, 0.3) is 0 Å². The van der Waals surface area contributed by atoms with Gasteiger partial charge in [0.05, 0.1) is 17.5 Å². The second-order valence-electron chi connectivity index (χ2n) is 5.03. The summed E-state index contributed by atoms with van der Waals surface area (Å²) in [6.07, 6.45) is -1.16. The molecule has 2 aromatic rings. The number of carbonyl (C=O) groups is 2. The second-order valence-corrected chi connectivity index (χ2v) is 5.44. The summed E-state index contributed by atoms with van der Waals surface area (Å²) in [5, 5.41) is 11.3. The predicted molar refractivity (Wildman–Crippen MR) is 86.2 cm³/mol. The van der Waals surface area contributed by atoms with Gasteiger partial charge in [0.15, 0.2) is 0 Å². The molecule has 2 rings (SSSR count). The molecule has 0 unspecified atom stereocenters. The Bertz CT molecular complexity index is 724. The third kappa shape index (κ3) is 5.24. The van der Waals surface area contributed by atoms with Crippen LogP contribution >= 0.6 is 11.6 Å². The molecule has 0 spiro atoms. The Kier molecular flexibility index (Phi) is 6.14. The molecule has 0 aliphatic rings. The molecule has 0 bridgehead atoms. The van der Waals surface area contributed by atoms with Crippen LogP contribution in [0.5, 0.6) is 0 Å². The number of alkyl carbamates (subject to hydrolysis) is 1. The van der Waals surface area contributed by atoms with Crippen LogP contribution in [0.25, 0.3) is 0 Å². The smallest absolute Gasteiger partial charge is 0.407 e. The third-order valence-corrected chi connectivity index (χ3v) is 3.52. The maximum Gasteiger partial charge on any atom is 0.407 e. The number of hydrogen-bond acceptors (Lipinski definition) is 3. The van der Waals surface area contributed by atoms with Crippen LogP contribution in [0.15, 0.2) is 48.5 Å². The number of carbonyl (C=O) groups excluding carboxylic acids is 1. The average molecular weight is 352 g/mol. The van der Waals surface area contributed by atoms with Gasteiger partial charge >= 0.3 is 12.1 Å². The normalized spacial score (nSPS) is 11.6. The highest BCUT2D eigenvalue weighted by Crippen LogP contribution is 2.23. The number of benzene rings is 2. The second kappa shape index (κ2) is 8.31. The summed E-state index contributed by atoms with van der Waals surface area (Å²) in [6, 6.07) is 11.9. The molecule has 0 aliphatic carbocycles. The van der Waals surface area contributed by atoms with Gasteiger partial charge in [-0.2, -0.15) is 0 Å². The zero-order valence-electron chi connectivity index (χ0n) is 12.5. The van der Waals surface area contributed by atoms with E-state index in [-0.39, 0.29) is 18.1 Å². The van der Waals surface area contributed by atoms with Crippen LogP contribution < -0.4 is 5.32 Å². The summed E-state index contributed by atoms with van der Waals surface area (Å²) in [7, 11) is 0. The van der Waals surface area contributed by atoms with E-state index in [2.05, 4.69) is 5.32 Å². The molecular weight excluding hydrogens is 337 g/mol. The Labute approximate surface area is 143 Å². The first-order valence-corrected chi connectivity index (χ1v) is 7.47. The van der Waals surface area contributed by atoms with Gasteiger partial charge in [-0.15, -0.1) is 0 Å². The number of amides is 1. The Morgan fingerprint density at radius 3 is 2.54 bits per heavy atom. The summed E-state index contributed by atoms with van der Waals surface area (Å²) in [5.74, 6) is -1.75. The summed E-state index contributed by atoms with van der Waals surface area (Å²) >= 11 is 5.71. The number of carboxylic acids is 1. The van der Waals surface area contributed by atoms with Gasteiger partial charge < -0.3 is 15.2 Å². The van der Waals surface area contributed by atoms with Crippen LogP contribution in [0, 0.1) is 5.82 Å². The monoisotopic (exact) mass is 351 g/mol. The van der Waals surface area contributed by atoms with E-state index in [4.69, 9.17) is 21.4 Å². The van der Waals surface area contributed by atoms with Gasteiger partial charge in [0.1, 0.15) is 12.4 Å². The van der Waals surface area contributed by atoms with E-state index in [1.807, 2.05) is 18.2 Å². The predicted octanol–water partition coefficient (Wildman–Crippen LogP) is 3.92. The zero-order valence-corrected chi connectivity index (χ0v) is 13.3. The summed E-state index contributed by atoms with van der Waals surface area (Å²) in [6.45, 7) is 0.0522. The molecule has 1 atom stereocenters. The molecule has 0 fully saturated rings. The van der Waals surface area contributed by atoms with E-state index in [1.54, 1.807) is 12.1 Å². The third-order valence-electron chi connectivity index (χ3n) is 3.23. The molecule has 5 nitrogen and oxygen atoms in total. The van der Waals surface area contributed by atoms with Crippen LogP contribution in [0.4, 0.5) is 9.18 Å². The fourth-order valence-electron chi connectivity index (χ4n) is 2.06. The molecule has 0 radical (unpaired) electrons. The highest BCUT2D eigenvalue weighted by Gasteiger charge is 2.20. The Morgan fingerprint density at radius 2 is 1.92 bits per heavy atom. The largest absolute Gasteiger partial charge is 0.481 e. The molecule has 2 aromatic carbocycles. The molecular formula is C17H15ClFNO4. The van der Waals surface area contributed by atoms with Crippen LogP contribution in [-0.2, 0) is 16.1 Å². The van der Waals surface area contributed by atoms with Crippen molar-refractivity contribution < 1.29 is 23.8 Å². The van der Waals surface area contributed by atoms with Crippen molar-refractivity contribution in [1.29, 1.82) is 0 Å². The topological polar surface area (TPSA) is 75.6 Å². The lowest BCUT2D eigenvalue weighted by Gasteiger charge is -2.17. The molecule has 2 N–H and O–H groups in total. The number of halogens is 2. The molecule has 0 aromatic heterocycles. The van der Waals surface area contributed by atoms with E-state index < -0.39 is 23.9 Å². The highest BCUT2D eigenvalue weighted by atomic mass is 35.5. The molecule has 0 aliphatic heterocycles. The minimum absolute atomic E-state index is 0.0522. The first-order valence-electron chi connectivity index (χ1n) is 7.09. The number of ether oxygens (including phenoxy) is 1. The molecule has 1 amide bonds. The first-order chi connectivity index (χ1) is 11.5. The molecule has 126 valence electrons. The standard InChI is InChI=1S/C17H15ClFNO4/c18-13-8-12(6-7-14(13)19)15(9-16(21)22)20-17(23)24-10-11-4-2-1-3-5-11/h1-8,15H,9-10H2,(H,20,23)(H,21,22)/t15-/m0/s1. The molecule has 0 saturated heterocycles. The van der Waals surface area contributed by atoms with Crippen molar-refractivity contribution in [3.63, 3.8) is 0 Å². The van der Waals surface area contributed by atoms with Crippen LogP contribution in [0.2, 0.25) is 5.02 Å². The van der Waals surface area contributed by atoms with Gasteiger partial charge in [-0.1, -0.05) is 48.0 Å². The van der Waals surface area contributed by atoms with Crippen molar-refractivity contribution in [2.45, 2.75) is 19.1 Å². The maximum absolute atomic E-state index is 13.2.